The predicted molar refractivity (Wildman–Crippen MR) is 60.5 cm³/mol. The van der Waals surface area contributed by atoms with E-state index in [0.717, 1.165) is 31.8 Å². The molecule has 0 aromatic carbocycles. The van der Waals surface area contributed by atoms with Gasteiger partial charge in [0.2, 0.25) is 5.91 Å². The van der Waals surface area contributed by atoms with Gasteiger partial charge in [-0.2, -0.15) is 0 Å². The Balaban J connectivity index is 1.98. The molecular formula is C12H22N2O. The highest BCUT2D eigenvalue weighted by molar-refractivity contribution is 5.79. The highest BCUT2D eigenvalue weighted by Crippen LogP contribution is 2.39. The summed E-state index contributed by atoms with van der Waals surface area (Å²) in [6.07, 6.45) is 6.27. The Morgan fingerprint density at radius 3 is 2.73 bits per heavy atom. The van der Waals surface area contributed by atoms with Crippen LogP contribution in [-0.2, 0) is 4.79 Å². The Bertz CT molecular complexity index is 226. The average molecular weight is 210 g/mol. The fourth-order valence-electron chi connectivity index (χ4n) is 2.95. The van der Waals surface area contributed by atoms with E-state index in [1.807, 2.05) is 7.05 Å². The molecule has 3 nitrogen and oxygen atoms in total. The summed E-state index contributed by atoms with van der Waals surface area (Å²) in [6, 6.07) is 0. The highest BCUT2D eigenvalue weighted by atomic mass is 16.1. The molecule has 0 aromatic rings. The van der Waals surface area contributed by atoms with Gasteiger partial charge in [-0.3, -0.25) is 4.79 Å². The zero-order valence-electron chi connectivity index (χ0n) is 9.59. The number of rotatable bonds is 4. The SMILES string of the molecule is CNCC(C1CCC1)C1CCCNC1=O. The molecule has 15 heavy (non-hydrogen) atoms. The third-order valence-electron chi connectivity index (χ3n) is 4.04. The second-order valence-corrected chi connectivity index (χ2v) is 4.95. The minimum Gasteiger partial charge on any atom is -0.356 e. The molecular weight excluding hydrogens is 188 g/mol. The summed E-state index contributed by atoms with van der Waals surface area (Å²) in [4.78, 5) is 11.8. The Kier molecular flexibility index (Phi) is 3.62. The molecule has 2 fully saturated rings. The lowest BCUT2D eigenvalue weighted by Gasteiger charge is -2.39. The molecule has 2 rings (SSSR count). The zero-order chi connectivity index (χ0) is 10.7. The third-order valence-corrected chi connectivity index (χ3v) is 4.04. The van der Waals surface area contributed by atoms with Crippen LogP contribution in [0.15, 0.2) is 0 Å². The van der Waals surface area contributed by atoms with Crippen molar-refractivity contribution in [2.45, 2.75) is 32.1 Å². The van der Waals surface area contributed by atoms with E-state index in [-0.39, 0.29) is 5.92 Å². The monoisotopic (exact) mass is 210 g/mol. The van der Waals surface area contributed by atoms with E-state index in [9.17, 15) is 4.79 Å². The second kappa shape index (κ2) is 4.97. The maximum Gasteiger partial charge on any atom is 0.223 e. The van der Waals surface area contributed by atoms with Crippen LogP contribution in [0.25, 0.3) is 0 Å². The lowest BCUT2D eigenvalue weighted by molar-refractivity contribution is -0.129. The van der Waals surface area contributed by atoms with E-state index in [1.165, 1.54) is 19.3 Å². The molecule has 1 saturated carbocycles. The molecule has 0 spiro atoms. The van der Waals surface area contributed by atoms with Crippen molar-refractivity contribution in [3.05, 3.63) is 0 Å². The van der Waals surface area contributed by atoms with Gasteiger partial charge in [-0.1, -0.05) is 19.3 Å². The maximum absolute atomic E-state index is 11.8. The number of hydrogen-bond donors (Lipinski definition) is 2. The van der Waals surface area contributed by atoms with E-state index in [0.29, 0.717) is 11.8 Å². The van der Waals surface area contributed by atoms with Gasteiger partial charge in [-0.15, -0.1) is 0 Å². The van der Waals surface area contributed by atoms with Crippen molar-refractivity contribution in [2.24, 2.45) is 17.8 Å². The standard InChI is InChI=1S/C12H22N2O/c1-13-8-11(9-4-2-5-9)10-6-3-7-14-12(10)15/h9-11,13H,2-8H2,1H3,(H,14,15). The van der Waals surface area contributed by atoms with Gasteiger partial charge < -0.3 is 10.6 Å². The Hall–Kier alpha value is -0.570. The third kappa shape index (κ3) is 2.33. The molecule has 1 saturated heterocycles. The molecule has 1 amide bonds. The molecule has 0 radical (unpaired) electrons. The van der Waals surface area contributed by atoms with Crippen LogP contribution in [0.2, 0.25) is 0 Å². The molecule has 2 N–H and O–H groups in total. The van der Waals surface area contributed by atoms with Crippen LogP contribution in [0.5, 0.6) is 0 Å². The first-order valence-electron chi connectivity index (χ1n) is 6.25. The van der Waals surface area contributed by atoms with E-state index in [4.69, 9.17) is 0 Å². The first-order chi connectivity index (χ1) is 7.33. The summed E-state index contributed by atoms with van der Waals surface area (Å²) >= 11 is 0. The summed E-state index contributed by atoms with van der Waals surface area (Å²) in [6.45, 7) is 1.88. The van der Waals surface area contributed by atoms with Gasteiger partial charge >= 0.3 is 0 Å². The zero-order valence-corrected chi connectivity index (χ0v) is 9.59. The quantitative estimate of drug-likeness (QED) is 0.731. The van der Waals surface area contributed by atoms with Gasteiger partial charge in [0.1, 0.15) is 0 Å². The minimum absolute atomic E-state index is 0.275. The summed E-state index contributed by atoms with van der Waals surface area (Å²) in [5.41, 5.74) is 0. The second-order valence-electron chi connectivity index (χ2n) is 4.95. The summed E-state index contributed by atoms with van der Waals surface area (Å²) in [5.74, 6) is 1.94. The lowest BCUT2D eigenvalue weighted by Crippen LogP contribution is -2.46. The topological polar surface area (TPSA) is 41.1 Å². The van der Waals surface area contributed by atoms with E-state index < -0.39 is 0 Å². The van der Waals surface area contributed by atoms with E-state index in [2.05, 4.69) is 10.6 Å². The van der Waals surface area contributed by atoms with E-state index >= 15 is 0 Å². The van der Waals surface area contributed by atoms with Gasteiger partial charge in [0, 0.05) is 12.5 Å². The van der Waals surface area contributed by atoms with Crippen LogP contribution in [0.4, 0.5) is 0 Å². The van der Waals surface area contributed by atoms with Crippen molar-refractivity contribution in [3.8, 4) is 0 Å². The van der Waals surface area contributed by atoms with Crippen LogP contribution in [0.3, 0.4) is 0 Å². The van der Waals surface area contributed by atoms with Gasteiger partial charge in [-0.05, 0) is 38.3 Å². The van der Waals surface area contributed by atoms with Gasteiger partial charge in [-0.25, -0.2) is 0 Å². The Morgan fingerprint density at radius 1 is 1.40 bits per heavy atom. The van der Waals surface area contributed by atoms with Crippen LogP contribution in [0, 0.1) is 17.8 Å². The normalized spacial score (nSPS) is 29.4. The molecule has 3 heteroatoms. The minimum atomic E-state index is 0.275. The van der Waals surface area contributed by atoms with Crippen LogP contribution in [-0.4, -0.2) is 26.0 Å². The van der Waals surface area contributed by atoms with Crippen molar-refractivity contribution < 1.29 is 4.79 Å². The fourth-order valence-corrected chi connectivity index (χ4v) is 2.95. The number of carbonyl (C=O) groups is 1. The Morgan fingerprint density at radius 2 is 2.20 bits per heavy atom. The van der Waals surface area contributed by atoms with Crippen molar-refractivity contribution in [3.63, 3.8) is 0 Å². The molecule has 2 atom stereocenters. The number of nitrogens with one attached hydrogen (secondary N) is 2. The number of carbonyl (C=O) groups excluding carboxylic acids is 1. The molecule has 2 unspecified atom stereocenters. The molecule has 0 aromatic heterocycles. The van der Waals surface area contributed by atoms with Gasteiger partial charge in [0.25, 0.3) is 0 Å². The summed E-state index contributed by atoms with van der Waals surface area (Å²) < 4.78 is 0. The number of amides is 1. The molecule has 1 aliphatic carbocycles. The number of hydrogen-bond acceptors (Lipinski definition) is 2. The number of piperidine rings is 1. The van der Waals surface area contributed by atoms with Crippen LogP contribution < -0.4 is 10.6 Å². The highest BCUT2D eigenvalue weighted by Gasteiger charge is 2.37. The maximum atomic E-state index is 11.8. The smallest absolute Gasteiger partial charge is 0.223 e. The summed E-state index contributed by atoms with van der Waals surface area (Å²) in [5, 5.41) is 6.26. The molecule has 1 heterocycles. The lowest BCUT2D eigenvalue weighted by atomic mass is 9.68. The molecule has 0 bridgehead atoms. The predicted octanol–water partition coefficient (Wildman–Crippen LogP) is 1.15. The van der Waals surface area contributed by atoms with E-state index in [1.54, 1.807) is 0 Å². The van der Waals surface area contributed by atoms with Gasteiger partial charge in [0.15, 0.2) is 0 Å². The molecule has 2 aliphatic rings. The first-order valence-corrected chi connectivity index (χ1v) is 6.25. The van der Waals surface area contributed by atoms with Crippen LogP contribution >= 0.6 is 0 Å². The molecule has 1 aliphatic heterocycles. The fraction of sp³-hybridized carbons (Fsp3) is 0.917. The first kappa shape index (κ1) is 10.9. The summed E-state index contributed by atoms with van der Waals surface area (Å²) in [7, 11) is 1.99. The van der Waals surface area contributed by atoms with Crippen LogP contribution in [0.1, 0.15) is 32.1 Å². The largest absolute Gasteiger partial charge is 0.356 e. The van der Waals surface area contributed by atoms with Crippen molar-refractivity contribution >= 4 is 5.91 Å². The van der Waals surface area contributed by atoms with Crippen molar-refractivity contribution in [1.29, 1.82) is 0 Å². The van der Waals surface area contributed by atoms with Crippen molar-refractivity contribution in [1.82, 2.24) is 10.6 Å². The average Bonchev–Trinajstić information content (AvgIpc) is 2.15. The Labute approximate surface area is 92.0 Å². The molecule has 86 valence electrons. The van der Waals surface area contributed by atoms with Crippen molar-refractivity contribution in [2.75, 3.05) is 20.1 Å². The van der Waals surface area contributed by atoms with Gasteiger partial charge in [0.05, 0.1) is 0 Å².